The first kappa shape index (κ1) is 11.6. The fourth-order valence-electron chi connectivity index (χ4n) is 1.69. The number of hydrogen-bond donors (Lipinski definition) is 1. The van der Waals surface area contributed by atoms with E-state index in [2.05, 4.69) is 11.9 Å². The zero-order valence-electron chi connectivity index (χ0n) is 9.82. The highest BCUT2D eigenvalue weighted by atomic mass is 16.5. The molecule has 1 saturated carbocycles. The molecule has 1 heterocycles. The third-order valence-electron chi connectivity index (χ3n) is 2.92. The third-order valence-corrected chi connectivity index (χ3v) is 2.92. The van der Waals surface area contributed by atoms with Crippen molar-refractivity contribution in [3.8, 4) is 0 Å². The first-order valence-electron chi connectivity index (χ1n) is 5.85. The van der Waals surface area contributed by atoms with Crippen molar-refractivity contribution < 1.29 is 9.15 Å². The summed E-state index contributed by atoms with van der Waals surface area (Å²) >= 11 is 0. The molecule has 0 aliphatic heterocycles. The Kier molecular flexibility index (Phi) is 3.98. The Morgan fingerprint density at radius 2 is 2.19 bits per heavy atom. The lowest BCUT2D eigenvalue weighted by Gasteiger charge is -2.14. The first-order valence-corrected chi connectivity index (χ1v) is 5.85. The Bertz CT molecular complexity index is 321. The summed E-state index contributed by atoms with van der Waals surface area (Å²) in [6.45, 7) is 2.74. The number of nitrogens with two attached hydrogens (primary N) is 1. The summed E-state index contributed by atoms with van der Waals surface area (Å²) in [5, 5.41) is 0. The van der Waals surface area contributed by atoms with E-state index in [9.17, 15) is 0 Å². The van der Waals surface area contributed by atoms with Crippen molar-refractivity contribution >= 4 is 0 Å². The lowest BCUT2D eigenvalue weighted by Crippen LogP contribution is -2.25. The Labute approximate surface area is 96.4 Å². The summed E-state index contributed by atoms with van der Waals surface area (Å²) in [7, 11) is 2.15. The zero-order valence-corrected chi connectivity index (χ0v) is 9.82. The number of nitrogens with zero attached hydrogens (tertiary/aromatic N) is 1. The van der Waals surface area contributed by atoms with Gasteiger partial charge in [-0.3, -0.25) is 0 Å². The molecule has 1 aromatic heterocycles. The molecule has 1 aromatic rings. The Balaban J connectivity index is 1.60. The molecule has 0 saturated heterocycles. The van der Waals surface area contributed by atoms with Crippen LogP contribution in [0.3, 0.4) is 0 Å². The van der Waals surface area contributed by atoms with Gasteiger partial charge >= 0.3 is 0 Å². The Morgan fingerprint density at radius 3 is 2.81 bits per heavy atom. The molecule has 0 bridgehead atoms. The molecular weight excluding hydrogens is 204 g/mol. The summed E-state index contributed by atoms with van der Waals surface area (Å²) in [5.74, 6) is 1.67. The van der Waals surface area contributed by atoms with Crippen LogP contribution in [0.4, 0.5) is 0 Å². The van der Waals surface area contributed by atoms with Gasteiger partial charge in [-0.05, 0) is 32.0 Å². The van der Waals surface area contributed by atoms with Gasteiger partial charge in [-0.1, -0.05) is 0 Å². The van der Waals surface area contributed by atoms with Gasteiger partial charge in [0.25, 0.3) is 0 Å². The van der Waals surface area contributed by atoms with Gasteiger partial charge in [-0.15, -0.1) is 0 Å². The maximum Gasteiger partial charge on any atom is 0.129 e. The van der Waals surface area contributed by atoms with Crippen LogP contribution in [-0.4, -0.2) is 31.1 Å². The molecule has 0 unspecified atom stereocenters. The van der Waals surface area contributed by atoms with E-state index in [-0.39, 0.29) is 0 Å². The number of hydrogen-bond acceptors (Lipinski definition) is 4. The molecule has 4 heteroatoms. The molecule has 0 radical (unpaired) electrons. The second kappa shape index (κ2) is 5.48. The topological polar surface area (TPSA) is 51.6 Å². The number of rotatable bonds is 7. The van der Waals surface area contributed by atoms with Crippen molar-refractivity contribution in [2.75, 3.05) is 20.2 Å². The molecule has 0 spiro atoms. The lowest BCUT2D eigenvalue weighted by molar-refractivity contribution is 0.0856. The minimum atomic E-state index is 0.449. The van der Waals surface area contributed by atoms with E-state index in [0.717, 1.165) is 30.7 Å². The monoisotopic (exact) mass is 224 g/mol. The van der Waals surface area contributed by atoms with E-state index in [1.807, 2.05) is 12.1 Å². The quantitative estimate of drug-likeness (QED) is 0.710. The van der Waals surface area contributed by atoms with Crippen LogP contribution in [0.2, 0.25) is 0 Å². The average Bonchev–Trinajstić information content (AvgIpc) is 3.04. The molecule has 1 aliphatic rings. The Hall–Kier alpha value is -0.840. The number of ether oxygens (including phenoxy) is 1. The fraction of sp³-hybridized carbons (Fsp3) is 0.667. The largest absolute Gasteiger partial charge is 0.462 e. The number of likely N-dealkylation sites (N-methyl/N-ethyl adjacent to an activating group) is 1. The summed E-state index contributed by atoms with van der Waals surface area (Å²) in [6, 6.07) is 4.62. The van der Waals surface area contributed by atoms with Crippen molar-refractivity contribution in [1.82, 2.24) is 4.90 Å². The van der Waals surface area contributed by atoms with E-state index in [0.29, 0.717) is 13.2 Å². The Morgan fingerprint density at radius 1 is 1.44 bits per heavy atom. The van der Waals surface area contributed by atoms with Gasteiger partial charge in [-0.2, -0.15) is 0 Å². The second-order valence-corrected chi connectivity index (χ2v) is 4.34. The van der Waals surface area contributed by atoms with Crippen molar-refractivity contribution in [1.29, 1.82) is 0 Å². The highest BCUT2D eigenvalue weighted by molar-refractivity contribution is 5.05. The van der Waals surface area contributed by atoms with Crippen molar-refractivity contribution in [2.45, 2.75) is 32.0 Å². The van der Waals surface area contributed by atoms with Crippen molar-refractivity contribution in [2.24, 2.45) is 5.73 Å². The predicted molar refractivity (Wildman–Crippen MR) is 61.9 cm³/mol. The molecule has 2 rings (SSSR count). The number of furan rings is 1. The summed E-state index contributed by atoms with van der Waals surface area (Å²) in [6.07, 6.45) is 2.68. The summed E-state index contributed by atoms with van der Waals surface area (Å²) in [4.78, 5) is 2.35. The van der Waals surface area contributed by atoms with Gasteiger partial charge < -0.3 is 19.8 Å². The van der Waals surface area contributed by atoms with Crippen LogP contribution in [-0.2, 0) is 17.9 Å². The highest BCUT2D eigenvalue weighted by Crippen LogP contribution is 2.24. The van der Waals surface area contributed by atoms with E-state index in [4.69, 9.17) is 14.9 Å². The molecule has 2 N–H and O–H groups in total. The van der Waals surface area contributed by atoms with Gasteiger partial charge in [0, 0.05) is 12.6 Å². The SMILES string of the molecule is CN(CCOCc1ccc(CN)o1)C1CC1. The highest BCUT2D eigenvalue weighted by Gasteiger charge is 2.25. The van der Waals surface area contributed by atoms with E-state index >= 15 is 0 Å². The molecular formula is C12H20N2O2. The van der Waals surface area contributed by atoms with Crippen LogP contribution in [0.1, 0.15) is 24.4 Å². The van der Waals surface area contributed by atoms with Crippen molar-refractivity contribution in [3.05, 3.63) is 23.7 Å². The van der Waals surface area contributed by atoms with Crippen LogP contribution < -0.4 is 5.73 Å². The third kappa shape index (κ3) is 3.33. The van der Waals surface area contributed by atoms with Crippen LogP contribution in [0.15, 0.2) is 16.5 Å². The first-order chi connectivity index (χ1) is 7.79. The minimum absolute atomic E-state index is 0.449. The normalized spacial score (nSPS) is 15.9. The van der Waals surface area contributed by atoms with Gasteiger partial charge in [0.1, 0.15) is 18.1 Å². The minimum Gasteiger partial charge on any atom is -0.462 e. The molecule has 16 heavy (non-hydrogen) atoms. The zero-order chi connectivity index (χ0) is 11.4. The molecule has 0 aromatic carbocycles. The van der Waals surface area contributed by atoms with Gasteiger partial charge in [0.15, 0.2) is 0 Å². The molecule has 1 aliphatic carbocycles. The maximum absolute atomic E-state index is 5.55. The van der Waals surface area contributed by atoms with Crippen molar-refractivity contribution in [3.63, 3.8) is 0 Å². The average molecular weight is 224 g/mol. The van der Waals surface area contributed by atoms with Crippen LogP contribution >= 0.6 is 0 Å². The molecule has 1 fully saturated rings. The van der Waals surface area contributed by atoms with Crippen LogP contribution in [0.25, 0.3) is 0 Å². The standard InChI is InChI=1S/C12H20N2O2/c1-14(10-2-3-10)6-7-15-9-12-5-4-11(8-13)16-12/h4-5,10H,2-3,6-9,13H2,1H3. The van der Waals surface area contributed by atoms with Gasteiger partial charge in [-0.25, -0.2) is 0 Å². The maximum atomic E-state index is 5.55. The molecule has 0 amide bonds. The van der Waals surface area contributed by atoms with Crippen LogP contribution in [0.5, 0.6) is 0 Å². The predicted octanol–water partition coefficient (Wildman–Crippen LogP) is 1.35. The molecule has 90 valence electrons. The summed E-state index contributed by atoms with van der Waals surface area (Å²) < 4.78 is 11.0. The smallest absolute Gasteiger partial charge is 0.129 e. The summed E-state index contributed by atoms with van der Waals surface area (Å²) in [5.41, 5.74) is 5.46. The lowest BCUT2D eigenvalue weighted by atomic mass is 10.4. The molecule has 0 atom stereocenters. The molecule has 4 nitrogen and oxygen atoms in total. The van der Waals surface area contributed by atoms with Gasteiger partial charge in [0.2, 0.25) is 0 Å². The second-order valence-electron chi connectivity index (χ2n) is 4.34. The van der Waals surface area contributed by atoms with Crippen LogP contribution in [0, 0.1) is 0 Å². The van der Waals surface area contributed by atoms with E-state index in [1.165, 1.54) is 12.8 Å². The van der Waals surface area contributed by atoms with E-state index in [1.54, 1.807) is 0 Å². The fourth-order valence-corrected chi connectivity index (χ4v) is 1.69. The van der Waals surface area contributed by atoms with E-state index < -0.39 is 0 Å². The van der Waals surface area contributed by atoms with Gasteiger partial charge in [0.05, 0.1) is 13.2 Å².